The van der Waals surface area contributed by atoms with Gasteiger partial charge < -0.3 is 19.9 Å². The smallest absolute Gasteiger partial charge is 0.321 e. The molecule has 0 aromatic heterocycles. The van der Waals surface area contributed by atoms with Gasteiger partial charge in [0.1, 0.15) is 5.75 Å². The average molecular weight is 360 g/mol. The van der Waals surface area contributed by atoms with E-state index < -0.39 is 0 Å². The zero-order valence-corrected chi connectivity index (χ0v) is 15.0. The number of halogens is 1. The highest BCUT2D eigenvalue weighted by molar-refractivity contribution is 6.30. The molecule has 0 atom stereocenters. The van der Waals surface area contributed by atoms with Crippen LogP contribution in [-0.2, 0) is 0 Å². The van der Waals surface area contributed by atoms with E-state index in [2.05, 4.69) is 10.2 Å². The first-order valence-electron chi connectivity index (χ1n) is 8.45. The molecule has 0 bridgehead atoms. The first-order valence-corrected chi connectivity index (χ1v) is 8.83. The molecule has 1 fully saturated rings. The number of nitrogens with one attached hydrogen (secondary N) is 1. The first-order chi connectivity index (χ1) is 12.2. The fourth-order valence-corrected chi connectivity index (χ4v) is 3.03. The molecule has 2 amide bonds. The van der Waals surface area contributed by atoms with Crippen LogP contribution in [0.5, 0.6) is 5.75 Å². The highest BCUT2D eigenvalue weighted by Gasteiger charge is 2.21. The van der Waals surface area contributed by atoms with Crippen LogP contribution in [-0.4, -0.2) is 43.7 Å². The van der Waals surface area contributed by atoms with Gasteiger partial charge in [-0.3, -0.25) is 0 Å². The second kappa shape index (κ2) is 8.12. The lowest BCUT2D eigenvalue weighted by Gasteiger charge is -2.36. The maximum absolute atomic E-state index is 12.4. The van der Waals surface area contributed by atoms with Crippen LogP contribution in [0, 0.1) is 0 Å². The molecule has 0 aliphatic carbocycles. The van der Waals surface area contributed by atoms with Gasteiger partial charge in [0.25, 0.3) is 0 Å². The molecular formula is C19H22ClN3O2. The van der Waals surface area contributed by atoms with E-state index >= 15 is 0 Å². The summed E-state index contributed by atoms with van der Waals surface area (Å²) in [5, 5.41) is 3.67. The number of piperazine rings is 1. The van der Waals surface area contributed by atoms with E-state index in [9.17, 15) is 4.79 Å². The summed E-state index contributed by atoms with van der Waals surface area (Å²) in [6.07, 6.45) is 0. The third-order valence-corrected chi connectivity index (χ3v) is 4.39. The van der Waals surface area contributed by atoms with Gasteiger partial charge >= 0.3 is 6.03 Å². The van der Waals surface area contributed by atoms with Crippen molar-refractivity contribution in [2.75, 3.05) is 43.0 Å². The molecule has 0 radical (unpaired) electrons. The average Bonchev–Trinajstić information content (AvgIpc) is 2.64. The Morgan fingerprint density at radius 2 is 1.84 bits per heavy atom. The van der Waals surface area contributed by atoms with Crippen molar-refractivity contribution in [3.63, 3.8) is 0 Å². The number of carbonyl (C=O) groups is 1. The lowest BCUT2D eigenvalue weighted by atomic mass is 10.2. The third-order valence-electron chi connectivity index (χ3n) is 4.16. The molecule has 1 aliphatic heterocycles. The number of ether oxygens (including phenoxy) is 1. The molecule has 1 heterocycles. The summed E-state index contributed by atoms with van der Waals surface area (Å²) < 4.78 is 5.41. The number of anilines is 2. The molecule has 0 unspecified atom stereocenters. The van der Waals surface area contributed by atoms with E-state index in [1.807, 2.05) is 60.4 Å². The number of hydrogen-bond donors (Lipinski definition) is 1. The van der Waals surface area contributed by atoms with Crippen LogP contribution in [0.25, 0.3) is 0 Å². The Kier molecular flexibility index (Phi) is 5.66. The van der Waals surface area contributed by atoms with E-state index in [1.54, 1.807) is 0 Å². The van der Waals surface area contributed by atoms with Gasteiger partial charge in [-0.15, -0.1) is 0 Å². The molecule has 0 spiro atoms. The molecule has 25 heavy (non-hydrogen) atoms. The fourth-order valence-electron chi connectivity index (χ4n) is 2.84. The Bertz CT molecular complexity index is 713. The Labute approximate surface area is 153 Å². The highest BCUT2D eigenvalue weighted by Crippen LogP contribution is 2.21. The highest BCUT2D eigenvalue weighted by atomic mass is 35.5. The molecule has 2 aromatic rings. The quantitative estimate of drug-likeness (QED) is 0.894. The van der Waals surface area contributed by atoms with Crippen LogP contribution in [0.3, 0.4) is 0 Å². The SMILES string of the molecule is CCOc1ccc(NC(=O)N2CCN(c3cccc(Cl)c3)CC2)cc1. The van der Waals surface area contributed by atoms with Crippen LogP contribution in [0.15, 0.2) is 48.5 Å². The number of urea groups is 1. The monoisotopic (exact) mass is 359 g/mol. The van der Waals surface area contributed by atoms with E-state index in [1.165, 1.54) is 0 Å². The van der Waals surface area contributed by atoms with Crippen LogP contribution in [0.4, 0.5) is 16.2 Å². The predicted octanol–water partition coefficient (Wildman–Crippen LogP) is 4.09. The Balaban J connectivity index is 1.53. The van der Waals surface area contributed by atoms with Crippen LogP contribution < -0.4 is 15.0 Å². The van der Waals surface area contributed by atoms with Crippen molar-refractivity contribution in [2.45, 2.75) is 6.92 Å². The summed E-state index contributed by atoms with van der Waals surface area (Å²) in [6.45, 7) is 5.50. The number of amides is 2. The molecule has 1 saturated heterocycles. The van der Waals surface area contributed by atoms with E-state index in [4.69, 9.17) is 16.3 Å². The molecule has 6 heteroatoms. The van der Waals surface area contributed by atoms with Gasteiger partial charge in [0.2, 0.25) is 0 Å². The summed E-state index contributed by atoms with van der Waals surface area (Å²) in [6, 6.07) is 15.2. The fraction of sp³-hybridized carbons (Fsp3) is 0.316. The minimum Gasteiger partial charge on any atom is -0.494 e. The third kappa shape index (κ3) is 4.57. The van der Waals surface area contributed by atoms with Crippen molar-refractivity contribution in [2.24, 2.45) is 0 Å². The lowest BCUT2D eigenvalue weighted by Crippen LogP contribution is -2.50. The van der Waals surface area contributed by atoms with Gasteiger partial charge in [0.05, 0.1) is 6.61 Å². The van der Waals surface area contributed by atoms with Gasteiger partial charge in [-0.1, -0.05) is 17.7 Å². The summed E-state index contributed by atoms with van der Waals surface area (Å²) in [4.78, 5) is 16.5. The molecule has 1 N–H and O–H groups in total. The number of rotatable bonds is 4. The van der Waals surface area contributed by atoms with Gasteiger partial charge in [0.15, 0.2) is 0 Å². The second-order valence-corrected chi connectivity index (χ2v) is 6.28. The van der Waals surface area contributed by atoms with Gasteiger partial charge in [-0.2, -0.15) is 0 Å². The van der Waals surface area contributed by atoms with Crippen LogP contribution in [0.1, 0.15) is 6.92 Å². The molecule has 0 saturated carbocycles. The summed E-state index contributed by atoms with van der Waals surface area (Å²) in [5.41, 5.74) is 1.87. The Morgan fingerprint density at radius 3 is 2.48 bits per heavy atom. The zero-order chi connectivity index (χ0) is 17.6. The van der Waals surface area contributed by atoms with Crippen LogP contribution in [0.2, 0.25) is 5.02 Å². The number of carbonyl (C=O) groups excluding carboxylic acids is 1. The zero-order valence-electron chi connectivity index (χ0n) is 14.2. The second-order valence-electron chi connectivity index (χ2n) is 5.84. The molecular weight excluding hydrogens is 338 g/mol. The number of benzene rings is 2. The van der Waals surface area contributed by atoms with Crippen molar-refractivity contribution in [1.82, 2.24) is 4.90 Å². The topological polar surface area (TPSA) is 44.8 Å². The molecule has 132 valence electrons. The predicted molar refractivity (Wildman–Crippen MR) is 102 cm³/mol. The molecule has 2 aromatic carbocycles. The normalized spacial score (nSPS) is 14.3. The minimum absolute atomic E-state index is 0.0742. The number of hydrogen-bond acceptors (Lipinski definition) is 3. The summed E-state index contributed by atoms with van der Waals surface area (Å²) in [7, 11) is 0. The summed E-state index contributed by atoms with van der Waals surface area (Å²) >= 11 is 6.05. The van der Waals surface area contributed by atoms with Gasteiger partial charge in [-0.25, -0.2) is 4.79 Å². The van der Waals surface area contributed by atoms with E-state index in [0.717, 1.165) is 35.2 Å². The van der Waals surface area contributed by atoms with Gasteiger partial charge in [-0.05, 0) is 49.4 Å². The maximum atomic E-state index is 12.4. The van der Waals surface area contributed by atoms with E-state index in [0.29, 0.717) is 19.7 Å². The largest absolute Gasteiger partial charge is 0.494 e. The molecule has 1 aliphatic rings. The van der Waals surface area contributed by atoms with Crippen molar-refractivity contribution in [3.8, 4) is 5.75 Å². The summed E-state index contributed by atoms with van der Waals surface area (Å²) in [5.74, 6) is 0.802. The maximum Gasteiger partial charge on any atom is 0.321 e. The minimum atomic E-state index is -0.0742. The van der Waals surface area contributed by atoms with E-state index in [-0.39, 0.29) is 6.03 Å². The van der Waals surface area contributed by atoms with Gasteiger partial charge in [0, 0.05) is 42.6 Å². The Hall–Kier alpha value is -2.40. The lowest BCUT2D eigenvalue weighted by molar-refractivity contribution is 0.208. The van der Waals surface area contributed by atoms with Crippen LogP contribution >= 0.6 is 11.6 Å². The first kappa shape index (κ1) is 17.4. The Morgan fingerprint density at radius 1 is 1.12 bits per heavy atom. The van der Waals surface area contributed by atoms with Crippen molar-refractivity contribution >= 4 is 29.0 Å². The molecule has 5 nitrogen and oxygen atoms in total. The van der Waals surface area contributed by atoms with Crippen molar-refractivity contribution in [3.05, 3.63) is 53.6 Å². The van der Waals surface area contributed by atoms with Crippen molar-refractivity contribution < 1.29 is 9.53 Å². The number of nitrogens with zero attached hydrogens (tertiary/aromatic N) is 2. The standard InChI is InChI=1S/C19H22ClN3O2/c1-2-25-18-8-6-16(7-9-18)21-19(24)23-12-10-22(11-13-23)17-5-3-4-15(20)14-17/h3-9,14H,2,10-13H2,1H3,(H,21,24). The molecule has 3 rings (SSSR count). The van der Waals surface area contributed by atoms with Crippen molar-refractivity contribution in [1.29, 1.82) is 0 Å².